The second kappa shape index (κ2) is 12.2. The molecular weight excluding hydrogens is 509 g/mol. The van der Waals surface area contributed by atoms with E-state index in [1.165, 1.54) is 22.7 Å². The van der Waals surface area contributed by atoms with Gasteiger partial charge in [-0.05, 0) is 60.0 Å². The van der Waals surface area contributed by atoms with Crippen LogP contribution in [0.4, 0.5) is 0 Å². The first-order valence-electron chi connectivity index (χ1n) is 11.2. The maximum atomic E-state index is 12.7. The zero-order chi connectivity index (χ0) is 24.8. The molecule has 3 rings (SSSR count). The Bertz CT molecular complexity index is 1090. The van der Waals surface area contributed by atoms with Crippen LogP contribution in [0, 0.1) is 13.8 Å². The highest BCUT2D eigenvalue weighted by Crippen LogP contribution is 2.32. The van der Waals surface area contributed by atoms with Crippen LogP contribution in [0.5, 0.6) is 0 Å². The lowest BCUT2D eigenvalue weighted by molar-refractivity contribution is -0.670. The fourth-order valence-corrected chi connectivity index (χ4v) is 8.16. The van der Waals surface area contributed by atoms with Crippen molar-refractivity contribution in [1.82, 2.24) is 0 Å². The van der Waals surface area contributed by atoms with E-state index in [-0.39, 0.29) is 11.9 Å². The monoisotopic (exact) mass is 538 g/mol. The van der Waals surface area contributed by atoms with Gasteiger partial charge in [0.15, 0.2) is 9.75 Å². The van der Waals surface area contributed by atoms with E-state index in [0.717, 1.165) is 42.9 Å². The van der Waals surface area contributed by atoms with Gasteiger partial charge in [0.1, 0.15) is 0 Å². The van der Waals surface area contributed by atoms with Gasteiger partial charge in [0.25, 0.3) is 11.4 Å². The number of benzene rings is 1. The van der Waals surface area contributed by atoms with Crippen molar-refractivity contribution < 1.29 is 28.2 Å². The minimum Gasteiger partial charge on any atom is -0.462 e. The molecule has 182 valence electrons. The van der Waals surface area contributed by atoms with Crippen molar-refractivity contribution in [1.29, 1.82) is 0 Å². The number of carbonyl (C=O) groups is 2. The molecule has 3 aromatic rings. The maximum Gasteiger partial charge on any atom is 0.355 e. The van der Waals surface area contributed by atoms with Crippen molar-refractivity contribution in [3.63, 3.8) is 0 Å². The van der Waals surface area contributed by atoms with Crippen LogP contribution in [0.25, 0.3) is 11.4 Å². The van der Waals surface area contributed by atoms with E-state index in [4.69, 9.17) is 9.47 Å². The molecule has 10 heteroatoms. The van der Waals surface area contributed by atoms with Crippen LogP contribution in [0.3, 0.4) is 0 Å². The van der Waals surface area contributed by atoms with Gasteiger partial charge in [-0.3, -0.25) is 0 Å². The lowest BCUT2D eigenvalue weighted by Gasteiger charge is -2.04. The molecule has 6 nitrogen and oxygen atoms in total. The fourth-order valence-electron chi connectivity index (χ4n) is 3.50. The average Bonchev–Trinajstić information content (AvgIpc) is 3.31. The normalized spacial score (nSPS) is 11.0. The molecule has 0 bridgehead atoms. The van der Waals surface area contributed by atoms with Gasteiger partial charge in [0.2, 0.25) is 11.4 Å². The second-order valence-corrected chi connectivity index (χ2v) is 12.1. The first-order chi connectivity index (χ1) is 16.4. The lowest BCUT2D eigenvalue weighted by Crippen LogP contribution is -2.43. The van der Waals surface area contributed by atoms with E-state index in [1.807, 2.05) is 39.8 Å². The number of rotatable bonds is 10. The number of esters is 2. The summed E-state index contributed by atoms with van der Waals surface area (Å²) in [5, 5.41) is 0. The second-order valence-electron chi connectivity index (χ2n) is 7.03. The van der Waals surface area contributed by atoms with Crippen molar-refractivity contribution in [3.8, 4) is 11.4 Å². The van der Waals surface area contributed by atoms with Crippen LogP contribution >= 0.6 is 46.2 Å². The standard InChI is InChI=1S/C24H30N2O4S4/c1-7-29-21(27)19-15(5)25(23(33-19)31-9-3)17-13-11-12-14-18(17)26-16(6)20(22(28)30-8-2)34-24(26)32-10-4/h11-14H,7-10H2,1-6H3/q+2. The molecule has 0 spiro atoms. The molecule has 1 aromatic carbocycles. The highest BCUT2D eigenvalue weighted by molar-refractivity contribution is 8.01. The largest absolute Gasteiger partial charge is 0.462 e. The summed E-state index contributed by atoms with van der Waals surface area (Å²) >= 11 is 6.30. The van der Waals surface area contributed by atoms with Crippen LogP contribution in [0.2, 0.25) is 0 Å². The van der Waals surface area contributed by atoms with E-state index in [1.54, 1.807) is 23.5 Å². The molecule has 0 amide bonds. The van der Waals surface area contributed by atoms with Gasteiger partial charge < -0.3 is 9.47 Å². The van der Waals surface area contributed by atoms with E-state index in [9.17, 15) is 9.59 Å². The van der Waals surface area contributed by atoms with Gasteiger partial charge in [0, 0.05) is 37.5 Å². The van der Waals surface area contributed by atoms with E-state index in [2.05, 4.69) is 35.1 Å². The molecule has 2 heterocycles. The molecule has 0 saturated carbocycles. The van der Waals surface area contributed by atoms with Crippen LogP contribution in [-0.4, -0.2) is 36.7 Å². The minimum atomic E-state index is -0.301. The number of thiazole rings is 2. The van der Waals surface area contributed by atoms with Crippen molar-refractivity contribution in [2.45, 2.75) is 50.2 Å². The summed E-state index contributed by atoms with van der Waals surface area (Å²) in [6.07, 6.45) is 0. The van der Waals surface area contributed by atoms with Gasteiger partial charge in [0.05, 0.1) is 13.2 Å². The Morgan fingerprint density at radius 2 is 1.15 bits per heavy atom. The molecule has 0 saturated heterocycles. The smallest absolute Gasteiger partial charge is 0.355 e. The van der Waals surface area contributed by atoms with Gasteiger partial charge in [-0.25, -0.2) is 9.59 Å². The van der Waals surface area contributed by atoms with Crippen LogP contribution < -0.4 is 9.13 Å². The highest BCUT2D eigenvalue weighted by Gasteiger charge is 2.37. The third-order valence-corrected chi connectivity index (χ3v) is 9.58. The number of carbonyl (C=O) groups excluding carboxylic acids is 2. The molecule has 0 fully saturated rings. The number of hydrogen-bond donors (Lipinski definition) is 0. The van der Waals surface area contributed by atoms with Gasteiger partial charge in [-0.2, -0.15) is 0 Å². The van der Waals surface area contributed by atoms with Crippen molar-refractivity contribution in [2.75, 3.05) is 24.7 Å². The molecule has 0 N–H and O–H groups in total. The third-order valence-electron chi connectivity index (χ3n) is 4.89. The summed E-state index contributed by atoms with van der Waals surface area (Å²) in [6, 6.07) is 8.10. The fraction of sp³-hybridized carbons (Fsp3) is 0.417. The summed E-state index contributed by atoms with van der Waals surface area (Å²) in [7, 11) is 0. The SMILES string of the molecule is CCOC(=O)c1sc(SCC)[n+](-c2ccccc2-[n+]2c(SCC)sc(C(=O)OCC)c2C)c1C. The predicted molar refractivity (Wildman–Crippen MR) is 139 cm³/mol. The summed E-state index contributed by atoms with van der Waals surface area (Å²) < 4.78 is 16.9. The average molecular weight is 539 g/mol. The molecule has 34 heavy (non-hydrogen) atoms. The molecule has 0 aliphatic heterocycles. The number of para-hydroxylation sites is 2. The van der Waals surface area contributed by atoms with Crippen molar-refractivity contribution in [2.24, 2.45) is 0 Å². The molecule has 2 aromatic heterocycles. The lowest BCUT2D eigenvalue weighted by atomic mass is 10.2. The highest BCUT2D eigenvalue weighted by atomic mass is 32.2. The molecule has 0 atom stereocenters. The van der Waals surface area contributed by atoms with E-state index >= 15 is 0 Å². The molecular formula is C24H30N2O4S4+2. The number of nitrogens with zero attached hydrogens (tertiary/aromatic N) is 2. The van der Waals surface area contributed by atoms with Crippen LogP contribution in [0.15, 0.2) is 32.9 Å². The Hall–Kier alpha value is -1.88. The van der Waals surface area contributed by atoms with E-state index < -0.39 is 0 Å². The summed E-state index contributed by atoms with van der Waals surface area (Å²) in [5.41, 5.74) is 3.58. The van der Waals surface area contributed by atoms with Crippen LogP contribution in [-0.2, 0) is 9.47 Å². The number of aromatic nitrogens is 2. The Labute approximate surface area is 217 Å². The Kier molecular flexibility index (Phi) is 9.58. The molecule has 0 aliphatic rings. The van der Waals surface area contributed by atoms with E-state index in [0.29, 0.717) is 23.0 Å². The maximum absolute atomic E-state index is 12.7. The Morgan fingerprint density at radius 1 is 0.765 bits per heavy atom. The van der Waals surface area contributed by atoms with Crippen LogP contribution in [0.1, 0.15) is 58.4 Å². The van der Waals surface area contributed by atoms with Crippen molar-refractivity contribution >= 4 is 58.1 Å². The van der Waals surface area contributed by atoms with Gasteiger partial charge in [-0.1, -0.05) is 26.0 Å². The number of hydrogen-bond acceptors (Lipinski definition) is 8. The summed E-state index contributed by atoms with van der Waals surface area (Å²) in [4.78, 5) is 26.5. The molecule has 0 unspecified atom stereocenters. The first kappa shape index (κ1) is 26.7. The summed E-state index contributed by atoms with van der Waals surface area (Å²) in [6.45, 7) is 12.4. The first-order valence-corrected chi connectivity index (χ1v) is 14.8. The van der Waals surface area contributed by atoms with Gasteiger partial charge in [-0.15, -0.1) is 9.13 Å². The predicted octanol–water partition coefficient (Wildman–Crippen LogP) is 5.56. The minimum absolute atomic E-state index is 0.301. The Balaban J connectivity index is 2.27. The van der Waals surface area contributed by atoms with Crippen molar-refractivity contribution in [3.05, 3.63) is 45.4 Å². The Morgan fingerprint density at radius 3 is 1.47 bits per heavy atom. The summed E-state index contributed by atoms with van der Waals surface area (Å²) in [5.74, 6) is 1.15. The topological polar surface area (TPSA) is 60.4 Å². The van der Waals surface area contributed by atoms with Gasteiger partial charge >= 0.3 is 20.6 Å². The number of ether oxygens (including phenoxy) is 2. The third kappa shape index (κ3) is 5.35. The quantitative estimate of drug-likeness (QED) is 0.191. The zero-order valence-corrected chi connectivity index (χ0v) is 23.6. The number of thioether (sulfide) groups is 2. The zero-order valence-electron chi connectivity index (χ0n) is 20.3. The molecule has 0 aliphatic carbocycles. The molecule has 0 radical (unpaired) electrons.